The fourth-order valence-electron chi connectivity index (χ4n) is 7.83. The number of benzene rings is 5. The first kappa shape index (κ1) is 29.8. The molecule has 5 aromatic carbocycles. The molecule has 3 aliphatic carbocycles. The zero-order chi connectivity index (χ0) is 32.5. The molecule has 0 saturated heterocycles. The average molecular weight is 618 g/mol. The van der Waals surface area contributed by atoms with Gasteiger partial charge in [-0.3, -0.25) is 0 Å². The van der Waals surface area contributed by atoms with Crippen LogP contribution in [-0.4, -0.2) is 5.71 Å². The van der Waals surface area contributed by atoms with Crippen molar-refractivity contribution in [3.05, 3.63) is 209 Å². The summed E-state index contributed by atoms with van der Waals surface area (Å²) in [7, 11) is 0. The third kappa shape index (κ3) is 5.46. The number of hydrogen-bond donors (Lipinski definition) is 0. The highest BCUT2D eigenvalue weighted by Crippen LogP contribution is 2.51. The van der Waals surface area contributed by atoms with E-state index in [0.717, 1.165) is 41.8 Å². The third-order valence-corrected chi connectivity index (χ3v) is 10.2. The van der Waals surface area contributed by atoms with Crippen molar-refractivity contribution in [3.63, 3.8) is 0 Å². The molecule has 0 radical (unpaired) electrons. The van der Waals surface area contributed by atoms with Crippen LogP contribution < -0.4 is 0 Å². The number of hydrogen-bond acceptors (Lipinski definition) is 1. The summed E-state index contributed by atoms with van der Waals surface area (Å²) in [6.45, 7) is 6.72. The van der Waals surface area contributed by atoms with Crippen molar-refractivity contribution in [2.45, 2.75) is 32.1 Å². The largest absolute Gasteiger partial charge is 0.248 e. The molecule has 2 unspecified atom stereocenters. The molecule has 0 amide bonds. The van der Waals surface area contributed by atoms with E-state index in [4.69, 9.17) is 4.99 Å². The lowest BCUT2D eigenvalue weighted by atomic mass is 9.81. The van der Waals surface area contributed by atoms with Crippen LogP contribution in [0.5, 0.6) is 0 Å². The van der Waals surface area contributed by atoms with Crippen molar-refractivity contribution in [2.24, 2.45) is 10.9 Å². The van der Waals surface area contributed by atoms with Crippen LogP contribution in [0.3, 0.4) is 0 Å². The molecule has 0 aliphatic heterocycles. The molecule has 0 bridgehead atoms. The Hall–Kier alpha value is -5.53. The van der Waals surface area contributed by atoms with Gasteiger partial charge in [0.05, 0.1) is 11.4 Å². The first-order valence-corrected chi connectivity index (χ1v) is 17.1. The van der Waals surface area contributed by atoms with Crippen LogP contribution in [0.4, 0.5) is 0 Å². The van der Waals surface area contributed by atoms with Crippen molar-refractivity contribution in [3.8, 4) is 0 Å². The van der Waals surface area contributed by atoms with Crippen LogP contribution in [0, 0.1) is 5.92 Å². The first-order valence-electron chi connectivity index (χ1n) is 17.1. The molecule has 232 valence electrons. The number of rotatable bonds is 7. The molecule has 5 aromatic rings. The van der Waals surface area contributed by atoms with E-state index >= 15 is 0 Å². The molecule has 3 aliphatic rings. The molecule has 1 nitrogen and oxygen atoms in total. The second-order valence-electron chi connectivity index (χ2n) is 13.0. The van der Waals surface area contributed by atoms with Gasteiger partial charge in [0.25, 0.3) is 0 Å². The second-order valence-corrected chi connectivity index (χ2v) is 13.0. The number of allylic oxidation sites excluding steroid dienone is 10. The summed E-state index contributed by atoms with van der Waals surface area (Å²) in [5.74, 6) is 0.407. The van der Waals surface area contributed by atoms with E-state index in [1.807, 2.05) is 6.07 Å². The maximum atomic E-state index is 5.39. The van der Waals surface area contributed by atoms with Gasteiger partial charge in [0, 0.05) is 17.4 Å². The van der Waals surface area contributed by atoms with Crippen LogP contribution in [-0.2, 0) is 0 Å². The molecule has 0 saturated carbocycles. The van der Waals surface area contributed by atoms with Gasteiger partial charge in [-0.1, -0.05) is 164 Å². The van der Waals surface area contributed by atoms with Gasteiger partial charge < -0.3 is 0 Å². The van der Waals surface area contributed by atoms with Gasteiger partial charge in [-0.2, -0.15) is 0 Å². The standard InChI is InChI=1S/C47H39N/c1-32(34-16-6-3-7-17-34)44(37-21-10-5-11-22-37)47(48-33(2)35-18-8-4-9-19-35)39-28-26-38(27-29-39)45-42-25-15-14-24-41(42)43-31-30-36-20-12-13-23-40(36)46(43)45/h3-13,15-21,23,25-31,37,45H,2,14,22,24H2,1H3/b44-32+,48-47?. The molecule has 0 heterocycles. The lowest BCUT2D eigenvalue weighted by Crippen LogP contribution is -2.16. The highest BCUT2D eigenvalue weighted by molar-refractivity contribution is 6.18. The highest BCUT2D eigenvalue weighted by atomic mass is 14.8. The van der Waals surface area contributed by atoms with Gasteiger partial charge in [0.2, 0.25) is 0 Å². The monoisotopic (exact) mass is 617 g/mol. The highest BCUT2D eigenvalue weighted by Gasteiger charge is 2.33. The zero-order valence-corrected chi connectivity index (χ0v) is 27.4. The normalized spacial score (nSPS) is 18.9. The molecule has 2 atom stereocenters. The van der Waals surface area contributed by atoms with Crippen LogP contribution in [0.25, 0.3) is 27.6 Å². The van der Waals surface area contributed by atoms with E-state index in [2.05, 4.69) is 165 Å². The van der Waals surface area contributed by atoms with E-state index in [1.165, 1.54) is 55.3 Å². The molecule has 0 aromatic heterocycles. The maximum absolute atomic E-state index is 5.39. The van der Waals surface area contributed by atoms with Gasteiger partial charge in [-0.15, -0.1) is 0 Å². The van der Waals surface area contributed by atoms with Gasteiger partial charge in [-0.25, -0.2) is 4.99 Å². The number of aliphatic imine (C=N–C) groups is 1. The summed E-state index contributed by atoms with van der Waals surface area (Å²) in [6.07, 6.45) is 16.8. The molecule has 8 rings (SSSR count). The zero-order valence-electron chi connectivity index (χ0n) is 27.4. The van der Waals surface area contributed by atoms with Crippen LogP contribution in [0.2, 0.25) is 0 Å². The SMILES string of the molecule is C=C(N=C(/C(=C(\C)c1ccccc1)C1C=CC=CC1)c1ccc(C2C3=C(CCC=C3)c3ccc4ccccc4c32)cc1)c1ccccc1. The van der Waals surface area contributed by atoms with Gasteiger partial charge >= 0.3 is 0 Å². The van der Waals surface area contributed by atoms with Crippen molar-refractivity contribution < 1.29 is 0 Å². The predicted octanol–water partition coefficient (Wildman–Crippen LogP) is 12.2. The van der Waals surface area contributed by atoms with Crippen molar-refractivity contribution in [1.82, 2.24) is 0 Å². The molecule has 0 fully saturated rings. The summed E-state index contributed by atoms with van der Waals surface area (Å²) < 4.78 is 0. The van der Waals surface area contributed by atoms with E-state index in [1.54, 1.807) is 0 Å². The molecule has 1 heteroatoms. The fourth-order valence-corrected chi connectivity index (χ4v) is 7.83. The van der Waals surface area contributed by atoms with Gasteiger partial charge in [0.15, 0.2) is 0 Å². The molecule has 48 heavy (non-hydrogen) atoms. The Bertz CT molecular complexity index is 2200. The summed E-state index contributed by atoms with van der Waals surface area (Å²) in [5, 5.41) is 2.66. The van der Waals surface area contributed by atoms with Crippen LogP contribution >= 0.6 is 0 Å². The smallest absolute Gasteiger partial charge is 0.0750 e. The summed E-state index contributed by atoms with van der Waals surface area (Å²) in [6, 6.07) is 43.8. The second kappa shape index (κ2) is 12.9. The lowest BCUT2D eigenvalue weighted by Gasteiger charge is -2.24. The third-order valence-electron chi connectivity index (χ3n) is 10.2. The van der Waals surface area contributed by atoms with E-state index < -0.39 is 0 Å². The van der Waals surface area contributed by atoms with Gasteiger partial charge in [-0.05, 0) is 87.1 Å². The quantitative estimate of drug-likeness (QED) is 0.161. The van der Waals surface area contributed by atoms with Gasteiger partial charge in [0.1, 0.15) is 0 Å². The first-order chi connectivity index (χ1) is 23.7. The lowest BCUT2D eigenvalue weighted by molar-refractivity contribution is 0.798. The summed E-state index contributed by atoms with van der Waals surface area (Å²) in [5.41, 5.74) is 14.7. The molecule has 0 N–H and O–H groups in total. The van der Waals surface area contributed by atoms with E-state index in [-0.39, 0.29) is 11.8 Å². The van der Waals surface area contributed by atoms with Crippen molar-refractivity contribution in [2.75, 3.05) is 0 Å². The van der Waals surface area contributed by atoms with Crippen molar-refractivity contribution in [1.29, 1.82) is 0 Å². The minimum absolute atomic E-state index is 0.199. The van der Waals surface area contributed by atoms with Crippen LogP contribution in [0.1, 0.15) is 65.5 Å². The summed E-state index contributed by atoms with van der Waals surface area (Å²) >= 11 is 0. The minimum atomic E-state index is 0.199. The topological polar surface area (TPSA) is 12.4 Å². The van der Waals surface area contributed by atoms with Crippen molar-refractivity contribution >= 4 is 33.3 Å². The molecular weight excluding hydrogens is 579 g/mol. The Balaban J connectivity index is 1.29. The fraction of sp³-hybridized carbons (Fsp3) is 0.128. The number of nitrogens with zero attached hydrogens (tertiary/aromatic N) is 1. The molecular formula is C47H39N. The maximum Gasteiger partial charge on any atom is 0.0750 e. The predicted molar refractivity (Wildman–Crippen MR) is 205 cm³/mol. The van der Waals surface area contributed by atoms with Crippen LogP contribution in [0.15, 0.2) is 181 Å². The Kier molecular flexibility index (Phi) is 8.04. The minimum Gasteiger partial charge on any atom is -0.248 e. The van der Waals surface area contributed by atoms with E-state index in [0.29, 0.717) is 0 Å². The Morgan fingerprint density at radius 1 is 0.708 bits per heavy atom. The number of fused-ring (bicyclic) bond motifs is 4. The average Bonchev–Trinajstić information content (AvgIpc) is 3.50. The Morgan fingerprint density at radius 2 is 1.44 bits per heavy atom. The Morgan fingerprint density at radius 3 is 2.19 bits per heavy atom. The molecule has 0 spiro atoms. The summed E-state index contributed by atoms with van der Waals surface area (Å²) in [4.78, 5) is 5.39. The van der Waals surface area contributed by atoms with E-state index in [9.17, 15) is 0 Å². The Labute approximate surface area is 284 Å².